The van der Waals surface area contributed by atoms with Crippen molar-refractivity contribution in [2.24, 2.45) is 0 Å². The number of anilines is 1. The summed E-state index contributed by atoms with van der Waals surface area (Å²) < 4.78 is 10.5. The Hall–Kier alpha value is -2.04. The van der Waals surface area contributed by atoms with Crippen LogP contribution in [0.15, 0.2) is 22.7 Å². The molecule has 1 aromatic carbocycles. The number of hydrogen-bond acceptors (Lipinski definition) is 5. The van der Waals surface area contributed by atoms with Crippen LogP contribution in [0.1, 0.15) is 17.3 Å². The highest BCUT2D eigenvalue weighted by molar-refractivity contribution is 5.47. The van der Waals surface area contributed by atoms with Crippen LogP contribution in [-0.4, -0.2) is 10.1 Å². The summed E-state index contributed by atoms with van der Waals surface area (Å²) in [7, 11) is 0. The van der Waals surface area contributed by atoms with Crippen molar-refractivity contribution in [3.05, 3.63) is 35.5 Å². The number of rotatable bonds is 3. The van der Waals surface area contributed by atoms with E-state index in [0.29, 0.717) is 11.7 Å². The van der Waals surface area contributed by atoms with Crippen molar-refractivity contribution in [1.82, 2.24) is 10.1 Å². The molecule has 0 saturated heterocycles. The normalized spacial score (nSPS) is 10.4. The number of aromatic nitrogens is 2. The fourth-order valence-electron chi connectivity index (χ4n) is 1.37. The average molecular weight is 219 g/mol. The van der Waals surface area contributed by atoms with Crippen LogP contribution in [0.5, 0.6) is 5.75 Å². The van der Waals surface area contributed by atoms with E-state index in [1.165, 1.54) is 0 Å². The first-order valence-electron chi connectivity index (χ1n) is 4.93. The standard InChI is InChI=1S/C11H13N3O2/c1-7-5-9(12)3-4-10(7)15-6-11-13-8(2)14-16-11/h3-5H,6,12H2,1-2H3. The fourth-order valence-corrected chi connectivity index (χ4v) is 1.37. The average Bonchev–Trinajstić information content (AvgIpc) is 2.63. The van der Waals surface area contributed by atoms with Crippen molar-refractivity contribution < 1.29 is 9.26 Å². The maximum absolute atomic E-state index is 5.64. The lowest BCUT2D eigenvalue weighted by Gasteiger charge is -2.07. The predicted octanol–water partition coefficient (Wildman–Crippen LogP) is 1.85. The molecule has 1 heterocycles. The lowest BCUT2D eigenvalue weighted by atomic mass is 10.2. The molecule has 0 aliphatic heterocycles. The summed E-state index contributed by atoms with van der Waals surface area (Å²) in [6.45, 7) is 3.97. The van der Waals surface area contributed by atoms with Crippen LogP contribution in [0.3, 0.4) is 0 Å². The van der Waals surface area contributed by atoms with Crippen LogP contribution >= 0.6 is 0 Å². The van der Waals surface area contributed by atoms with Gasteiger partial charge in [0.25, 0.3) is 5.89 Å². The van der Waals surface area contributed by atoms with E-state index in [1.54, 1.807) is 13.0 Å². The third kappa shape index (κ3) is 2.31. The van der Waals surface area contributed by atoms with Gasteiger partial charge in [-0.2, -0.15) is 4.98 Å². The van der Waals surface area contributed by atoms with E-state index in [1.807, 2.05) is 19.1 Å². The van der Waals surface area contributed by atoms with E-state index in [9.17, 15) is 0 Å². The van der Waals surface area contributed by atoms with E-state index in [4.69, 9.17) is 15.0 Å². The molecule has 16 heavy (non-hydrogen) atoms. The zero-order valence-electron chi connectivity index (χ0n) is 9.23. The van der Waals surface area contributed by atoms with E-state index >= 15 is 0 Å². The van der Waals surface area contributed by atoms with E-state index in [0.717, 1.165) is 17.0 Å². The van der Waals surface area contributed by atoms with Crippen LogP contribution in [0, 0.1) is 13.8 Å². The molecule has 2 N–H and O–H groups in total. The highest BCUT2D eigenvalue weighted by Crippen LogP contribution is 2.20. The van der Waals surface area contributed by atoms with Crippen LogP contribution in [0.2, 0.25) is 0 Å². The summed E-state index contributed by atoms with van der Waals surface area (Å²) in [5.74, 6) is 1.84. The van der Waals surface area contributed by atoms with Crippen molar-refractivity contribution >= 4 is 5.69 Å². The number of benzene rings is 1. The highest BCUT2D eigenvalue weighted by atomic mass is 16.5. The molecule has 0 aliphatic carbocycles. The molecule has 84 valence electrons. The molecule has 5 heteroatoms. The number of ether oxygens (including phenoxy) is 1. The molecule has 2 aromatic rings. The minimum absolute atomic E-state index is 0.269. The molecular formula is C11H13N3O2. The van der Waals surface area contributed by atoms with Gasteiger partial charge in [0.15, 0.2) is 12.4 Å². The predicted molar refractivity (Wildman–Crippen MR) is 59.0 cm³/mol. The van der Waals surface area contributed by atoms with Gasteiger partial charge in [-0.15, -0.1) is 0 Å². The Bertz CT molecular complexity index is 494. The van der Waals surface area contributed by atoms with Gasteiger partial charge in [-0.25, -0.2) is 0 Å². The monoisotopic (exact) mass is 219 g/mol. The maximum atomic E-state index is 5.64. The van der Waals surface area contributed by atoms with Gasteiger partial charge in [-0.05, 0) is 37.6 Å². The Morgan fingerprint density at radius 3 is 2.81 bits per heavy atom. The Kier molecular flexibility index (Phi) is 2.76. The van der Waals surface area contributed by atoms with E-state index in [2.05, 4.69) is 10.1 Å². The van der Waals surface area contributed by atoms with E-state index < -0.39 is 0 Å². The largest absolute Gasteiger partial charge is 0.483 e. The second kappa shape index (κ2) is 4.22. The fraction of sp³-hybridized carbons (Fsp3) is 0.273. The molecule has 0 atom stereocenters. The Morgan fingerprint density at radius 2 is 2.19 bits per heavy atom. The quantitative estimate of drug-likeness (QED) is 0.797. The lowest BCUT2D eigenvalue weighted by molar-refractivity contribution is 0.241. The maximum Gasteiger partial charge on any atom is 0.264 e. The molecule has 0 bridgehead atoms. The third-order valence-electron chi connectivity index (χ3n) is 2.12. The summed E-state index contributed by atoms with van der Waals surface area (Å²) >= 11 is 0. The molecule has 0 spiro atoms. The molecule has 0 amide bonds. The van der Waals surface area contributed by atoms with Crippen LogP contribution in [0.25, 0.3) is 0 Å². The van der Waals surface area contributed by atoms with Gasteiger partial charge in [0.1, 0.15) is 5.75 Å². The minimum atomic E-state index is 0.269. The number of nitrogen functional groups attached to an aromatic ring is 1. The smallest absolute Gasteiger partial charge is 0.264 e. The zero-order chi connectivity index (χ0) is 11.5. The number of nitrogens with zero attached hydrogens (tertiary/aromatic N) is 2. The molecule has 0 radical (unpaired) electrons. The van der Waals surface area contributed by atoms with Crippen molar-refractivity contribution in [2.45, 2.75) is 20.5 Å². The second-order valence-electron chi connectivity index (χ2n) is 3.55. The number of hydrogen-bond donors (Lipinski definition) is 1. The molecule has 0 aliphatic rings. The Labute approximate surface area is 93.2 Å². The van der Waals surface area contributed by atoms with Gasteiger partial charge in [0.05, 0.1) is 0 Å². The molecule has 1 aromatic heterocycles. The molecular weight excluding hydrogens is 206 g/mol. The van der Waals surface area contributed by atoms with Crippen molar-refractivity contribution in [1.29, 1.82) is 0 Å². The van der Waals surface area contributed by atoms with Crippen molar-refractivity contribution in [3.63, 3.8) is 0 Å². The first-order valence-corrected chi connectivity index (χ1v) is 4.93. The first kappa shape index (κ1) is 10.5. The SMILES string of the molecule is Cc1noc(COc2ccc(N)cc2C)n1. The van der Waals surface area contributed by atoms with Gasteiger partial charge in [-0.3, -0.25) is 0 Å². The summed E-state index contributed by atoms with van der Waals surface area (Å²) in [5.41, 5.74) is 7.35. The summed E-state index contributed by atoms with van der Waals surface area (Å²) in [4.78, 5) is 4.05. The van der Waals surface area contributed by atoms with Crippen LogP contribution in [-0.2, 0) is 6.61 Å². The molecule has 0 saturated carbocycles. The van der Waals surface area contributed by atoms with Crippen LogP contribution in [0.4, 0.5) is 5.69 Å². The van der Waals surface area contributed by atoms with Gasteiger partial charge in [0.2, 0.25) is 0 Å². The molecule has 0 unspecified atom stereocenters. The lowest BCUT2D eigenvalue weighted by Crippen LogP contribution is -1.98. The van der Waals surface area contributed by atoms with Gasteiger partial charge >= 0.3 is 0 Å². The third-order valence-corrected chi connectivity index (χ3v) is 2.12. The minimum Gasteiger partial charge on any atom is -0.483 e. The van der Waals surface area contributed by atoms with Gasteiger partial charge < -0.3 is 15.0 Å². The molecule has 0 fully saturated rings. The van der Waals surface area contributed by atoms with Gasteiger partial charge in [-0.1, -0.05) is 5.16 Å². The van der Waals surface area contributed by atoms with Crippen molar-refractivity contribution in [3.8, 4) is 5.75 Å². The molecule has 5 nitrogen and oxygen atoms in total. The first-order chi connectivity index (χ1) is 7.65. The summed E-state index contributed by atoms with van der Waals surface area (Å²) in [6, 6.07) is 5.48. The number of nitrogens with two attached hydrogens (primary N) is 1. The molecule has 2 rings (SSSR count). The topological polar surface area (TPSA) is 74.2 Å². The Balaban J connectivity index is 2.04. The van der Waals surface area contributed by atoms with E-state index in [-0.39, 0.29) is 6.61 Å². The highest BCUT2D eigenvalue weighted by Gasteiger charge is 2.05. The second-order valence-corrected chi connectivity index (χ2v) is 3.55. The summed E-state index contributed by atoms with van der Waals surface area (Å²) in [5, 5.41) is 3.68. The zero-order valence-corrected chi connectivity index (χ0v) is 9.23. The number of aryl methyl sites for hydroxylation is 2. The summed E-state index contributed by atoms with van der Waals surface area (Å²) in [6.07, 6.45) is 0. The van der Waals surface area contributed by atoms with Crippen LogP contribution < -0.4 is 10.5 Å². The van der Waals surface area contributed by atoms with Crippen molar-refractivity contribution in [2.75, 3.05) is 5.73 Å². The Morgan fingerprint density at radius 1 is 1.38 bits per heavy atom. The van der Waals surface area contributed by atoms with Gasteiger partial charge in [0, 0.05) is 5.69 Å².